The molecule has 0 aliphatic carbocycles. The molecule has 2 bridgehead atoms. The standard InChI is InChI=1S/C15H20N2O3/c1-20-10-15(9-18)14(19)12-4-6-17(15)8-13(12)11-3-2-5-16-7-11/h2-3,5,7,12-13,18H,4,6,8-10H2,1H3. The molecule has 1 aromatic rings. The number of ketones is 1. The molecule has 20 heavy (non-hydrogen) atoms. The molecular formula is C15H20N2O3. The van der Waals surface area contributed by atoms with Crippen LogP contribution in [0.15, 0.2) is 24.5 Å². The van der Waals surface area contributed by atoms with Gasteiger partial charge in [0.1, 0.15) is 5.54 Å². The summed E-state index contributed by atoms with van der Waals surface area (Å²) < 4.78 is 5.20. The van der Waals surface area contributed by atoms with Gasteiger partial charge in [0.05, 0.1) is 13.2 Å². The number of rotatable bonds is 4. The molecule has 1 N–H and O–H groups in total. The van der Waals surface area contributed by atoms with Gasteiger partial charge in [0, 0.05) is 44.4 Å². The SMILES string of the molecule is COCC1(CO)C(=O)C2CCN1CC2c1cccnc1. The van der Waals surface area contributed by atoms with Crippen molar-refractivity contribution in [2.24, 2.45) is 5.92 Å². The van der Waals surface area contributed by atoms with Crippen molar-refractivity contribution in [2.45, 2.75) is 17.9 Å². The molecule has 4 rings (SSSR count). The van der Waals surface area contributed by atoms with Crippen molar-refractivity contribution in [3.8, 4) is 0 Å². The molecule has 5 heteroatoms. The Hall–Kier alpha value is -1.30. The minimum atomic E-state index is -0.837. The lowest BCUT2D eigenvalue weighted by atomic mass is 9.67. The van der Waals surface area contributed by atoms with Crippen LogP contribution >= 0.6 is 0 Å². The zero-order valence-corrected chi connectivity index (χ0v) is 11.7. The van der Waals surface area contributed by atoms with E-state index in [1.54, 1.807) is 13.3 Å². The molecule has 0 aromatic carbocycles. The van der Waals surface area contributed by atoms with E-state index in [-0.39, 0.29) is 30.8 Å². The number of pyridine rings is 1. The number of piperidine rings is 3. The molecule has 5 nitrogen and oxygen atoms in total. The van der Waals surface area contributed by atoms with Crippen LogP contribution < -0.4 is 0 Å². The van der Waals surface area contributed by atoms with E-state index in [1.807, 2.05) is 18.3 Å². The highest BCUT2D eigenvalue weighted by Crippen LogP contribution is 2.43. The van der Waals surface area contributed by atoms with Gasteiger partial charge < -0.3 is 9.84 Å². The van der Waals surface area contributed by atoms with E-state index in [9.17, 15) is 9.90 Å². The number of fused-ring (bicyclic) bond motifs is 3. The van der Waals surface area contributed by atoms with Gasteiger partial charge in [0.2, 0.25) is 0 Å². The lowest BCUT2D eigenvalue weighted by Crippen LogP contribution is -2.70. The zero-order chi connectivity index (χ0) is 14.2. The smallest absolute Gasteiger partial charge is 0.161 e. The first-order chi connectivity index (χ1) is 9.73. The van der Waals surface area contributed by atoms with Crippen LogP contribution in [-0.4, -0.2) is 59.7 Å². The highest BCUT2D eigenvalue weighted by molar-refractivity contribution is 5.93. The summed E-state index contributed by atoms with van der Waals surface area (Å²) in [6.45, 7) is 1.72. The fraction of sp³-hybridized carbons (Fsp3) is 0.600. The summed E-state index contributed by atoms with van der Waals surface area (Å²) in [6, 6.07) is 3.94. The first kappa shape index (κ1) is 13.7. The average molecular weight is 276 g/mol. The van der Waals surface area contributed by atoms with Crippen LogP contribution in [0.2, 0.25) is 0 Å². The second-order valence-corrected chi connectivity index (χ2v) is 5.72. The van der Waals surface area contributed by atoms with Crippen molar-refractivity contribution >= 4 is 5.78 Å². The van der Waals surface area contributed by atoms with Crippen LogP contribution in [0.1, 0.15) is 17.9 Å². The van der Waals surface area contributed by atoms with Gasteiger partial charge in [-0.05, 0) is 18.1 Å². The Bertz CT molecular complexity index is 493. The summed E-state index contributed by atoms with van der Waals surface area (Å²) in [7, 11) is 1.58. The number of aliphatic hydroxyl groups excluding tert-OH is 1. The molecule has 1 aromatic heterocycles. The van der Waals surface area contributed by atoms with Crippen LogP contribution in [0.25, 0.3) is 0 Å². The molecule has 3 fully saturated rings. The largest absolute Gasteiger partial charge is 0.394 e. The van der Waals surface area contributed by atoms with Crippen molar-refractivity contribution in [3.05, 3.63) is 30.1 Å². The summed E-state index contributed by atoms with van der Waals surface area (Å²) >= 11 is 0. The predicted molar refractivity (Wildman–Crippen MR) is 73.4 cm³/mol. The number of methoxy groups -OCH3 is 1. The van der Waals surface area contributed by atoms with Gasteiger partial charge >= 0.3 is 0 Å². The Balaban J connectivity index is 1.92. The molecule has 3 saturated heterocycles. The van der Waals surface area contributed by atoms with Gasteiger partial charge in [-0.1, -0.05) is 6.07 Å². The number of hydrogen-bond acceptors (Lipinski definition) is 5. The second-order valence-electron chi connectivity index (χ2n) is 5.72. The van der Waals surface area contributed by atoms with Gasteiger partial charge in [-0.2, -0.15) is 0 Å². The molecule has 0 amide bonds. The fourth-order valence-corrected chi connectivity index (χ4v) is 3.71. The number of nitrogens with zero attached hydrogens (tertiary/aromatic N) is 2. The molecular weight excluding hydrogens is 256 g/mol. The third-order valence-electron chi connectivity index (χ3n) is 4.77. The van der Waals surface area contributed by atoms with Gasteiger partial charge in [-0.15, -0.1) is 0 Å². The minimum Gasteiger partial charge on any atom is -0.394 e. The van der Waals surface area contributed by atoms with E-state index < -0.39 is 5.54 Å². The molecule has 3 aliphatic rings. The fourth-order valence-electron chi connectivity index (χ4n) is 3.71. The Morgan fingerprint density at radius 2 is 2.40 bits per heavy atom. The monoisotopic (exact) mass is 276 g/mol. The lowest BCUT2D eigenvalue weighted by Gasteiger charge is -2.54. The quantitative estimate of drug-likeness (QED) is 0.865. The Kier molecular flexibility index (Phi) is 3.58. The van der Waals surface area contributed by atoms with Gasteiger partial charge in [-0.25, -0.2) is 0 Å². The second kappa shape index (κ2) is 5.24. The third kappa shape index (κ3) is 1.89. The number of ether oxygens (including phenoxy) is 1. The van der Waals surface area contributed by atoms with Crippen molar-refractivity contribution in [1.82, 2.24) is 9.88 Å². The van der Waals surface area contributed by atoms with Crippen molar-refractivity contribution in [2.75, 3.05) is 33.4 Å². The van der Waals surface area contributed by atoms with E-state index >= 15 is 0 Å². The first-order valence-electron chi connectivity index (χ1n) is 7.02. The lowest BCUT2D eigenvalue weighted by molar-refractivity contribution is -0.160. The predicted octanol–water partition coefficient (Wildman–Crippen LogP) is 0.447. The third-order valence-corrected chi connectivity index (χ3v) is 4.77. The number of aromatic nitrogens is 1. The topological polar surface area (TPSA) is 62.7 Å². The summed E-state index contributed by atoms with van der Waals surface area (Å²) in [6.07, 6.45) is 4.44. The van der Waals surface area contributed by atoms with Gasteiger partial charge in [0.15, 0.2) is 5.78 Å². The molecule has 4 atom stereocenters. The molecule has 0 spiro atoms. The molecule has 0 saturated carbocycles. The maximum atomic E-state index is 12.8. The van der Waals surface area contributed by atoms with E-state index in [4.69, 9.17) is 4.74 Å². The number of carbonyl (C=O) groups is 1. The zero-order valence-electron chi connectivity index (χ0n) is 11.7. The maximum Gasteiger partial charge on any atom is 0.161 e. The highest BCUT2D eigenvalue weighted by Gasteiger charge is 2.56. The first-order valence-corrected chi connectivity index (χ1v) is 7.02. The number of carbonyl (C=O) groups excluding carboxylic acids is 1. The van der Waals surface area contributed by atoms with Crippen LogP contribution in [0, 0.1) is 5.92 Å². The van der Waals surface area contributed by atoms with E-state index in [0.29, 0.717) is 0 Å². The van der Waals surface area contributed by atoms with Gasteiger partial charge in [-0.3, -0.25) is 14.7 Å². The van der Waals surface area contributed by atoms with Gasteiger partial charge in [0.25, 0.3) is 0 Å². The normalized spacial score (nSPS) is 36.3. The van der Waals surface area contributed by atoms with Crippen molar-refractivity contribution < 1.29 is 14.6 Å². The number of aliphatic hydroxyl groups is 1. The molecule has 3 aliphatic heterocycles. The number of hydrogen-bond donors (Lipinski definition) is 1. The Morgan fingerprint density at radius 3 is 3.00 bits per heavy atom. The number of Topliss-reactive ketones (excluding diaryl/α,β-unsaturated/α-hetero) is 1. The maximum absolute atomic E-state index is 12.8. The molecule has 108 valence electrons. The molecule has 0 radical (unpaired) electrons. The summed E-state index contributed by atoms with van der Waals surface area (Å²) in [5, 5.41) is 9.77. The highest BCUT2D eigenvalue weighted by atomic mass is 16.5. The van der Waals surface area contributed by atoms with E-state index in [2.05, 4.69) is 9.88 Å². The molecule has 4 unspecified atom stereocenters. The summed E-state index contributed by atoms with van der Waals surface area (Å²) in [5.74, 6) is 0.265. The van der Waals surface area contributed by atoms with E-state index in [1.165, 1.54) is 0 Å². The van der Waals surface area contributed by atoms with Crippen LogP contribution in [0.5, 0.6) is 0 Å². The van der Waals surface area contributed by atoms with Crippen molar-refractivity contribution in [1.29, 1.82) is 0 Å². The summed E-state index contributed by atoms with van der Waals surface area (Å²) in [5.41, 5.74) is 0.274. The van der Waals surface area contributed by atoms with Crippen LogP contribution in [0.3, 0.4) is 0 Å². The molecule has 4 heterocycles. The Labute approximate surface area is 118 Å². The van der Waals surface area contributed by atoms with Crippen molar-refractivity contribution in [3.63, 3.8) is 0 Å². The average Bonchev–Trinajstić information content (AvgIpc) is 2.52. The van der Waals surface area contributed by atoms with Crippen LogP contribution in [-0.2, 0) is 9.53 Å². The van der Waals surface area contributed by atoms with Crippen LogP contribution in [0.4, 0.5) is 0 Å². The summed E-state index contributed by atoms with van der Waals surface area (Å²) in [4.78, 5) is 19.1. The Morgan fingerprint density at radius 1 is 1.55 bits per heavy atom. The van der Waals surface area contributed by atoms with E-state index in [0.717, 1.165) is 25.1 Å². The minimum absolute atomic E-state index is 0.0356.